The molecule has 2 aromatic rings. The molecule has 1 saturated heterocycles. The van der Waals surface area contributed by atoms with E-state index in [-0.39, 0.29) is 21.4 Å². The Labute approximate surface area is 197 Å². The number of benzene rings is 2. The third-order valence-electron chi connectivity index (χ3n) is 4.93. The first-order chi connectivity index (χ1) is 15.3. The number of hydrogen-bond donors (Lipinski definition) is 1. The molecule has 1 heterocycles. The summed E-state index contributed by atoms with van der Waals surface area (Å²) >= 11 is 7.48. The monoisotopic (exact) mass is 496 g/mol. The number of esters is 1. The van der Waals surface area contributed by atoms with Crippen LogP contribution in [0, 0.1) is 0 Å². The lowest BCUT2D eigenvalue weighted by atomic mass is 10.2. The van der Waals surface area contributed by atoms with Gasteiger partial charge >= 0.3 is 5.97 Å². The molecule has 0 radical (unpaired) electrons. The molecule has 1 fully saturated rings. The largest absolute Gasteiger partial charge is 0.452 e. The Kier molecular flexibility index (Phi) is 8.58. The summed E-state index contributed by atoms with van der Waals surface area (Å²) in [6.45, 7) is 2.39. The van der Waals surface area contributed by atoms with Crippen LogP contribution in [0.5, 0.6) is 0 Å². The minimum absolute atomic E-state index is 0.0583. The van der Waals surface area contributed by atoms with Crippen LogP contribution >= 0.6 is 23.4 Å². The zero-order valence-corrected chi connectivity index (χ0v) is 20.0. The van der Waals surface area contributed by atoms with E-state index >= 15 is 0 Å². The molecule has 32 heavy (non-hydrogen) atoms. The standard InChI is InChI=1S/C22H25ClN2O5S2/c1-16(30-21(26)15-31-17-8-4-2-5-9-17)22(27)24-20-14-18(10-11-19(20)23)32(28,29)25-12-6-3-7-13-25/h2,4-5,8-11,14,16H,3,6-7,12-13,15H2,1H3,(H,24,27). The predicted octanol–water partition coefficient (Wildman–Crippen LogP) is 4.18. The van der Waals surface area contributed by atoms with Crippen LogP contribution in [0.2, 0.25) is 5.02 Å². The number of carbonyl (C=O) groups is 2. The Morgan fingerprint density at radius 1 is 1.12 bits per heavy atom. The highest BCUT2D eigenvalue weighted by molar-refractivity contribution is 8.00. The maximum Gasteiger partial charge on any atom is 0.317 e. The number of sulfonamides is 1. The molecule has 172 valence electrons. The highest BCUT2D eigenvalue weighted by Gasteiger charge is 2.27. The van der Waals surface area contributed by atoms with Gasteiger partial charge in [-0.2, -0.15) is 4.31 Å². The lowest BCUT2D eigenvalue weighted by molar-refractivity contribution is -0.150. The maximum absolute atomic E-state index is 12.9. The molecule has 0 bridgehead atoms. The average Bonchev–Trinajstić information content (AvgIpc) is 2.80. The van der Waals surface area contributed by atoms with Crippen LogP contribution in [0.25, 0.3) is 0 Å². The van der Waals surface area contributed by atoms with Crippen molar-refractivity contribution in [2.75, 3.05) is 24.2 Å². The van der Waals surface area contributed by atoms with E-state index in [9.17, 15) is 18.0 Å². The van der Waals surface area contributed by atoms with Crippen LogP contribution in [-0.2, 0) is 24.3 Å². The SMILES string of the molecule is CC(OC(=O)CSc1ccccc1)C(=O)Nc1cc(S(=O)(=O)N2CCCCC2)ccc1Cl. The molecule has 0 spiro atoms. The van der Waals surface area contributed by atoms with Gasteiger partial charge < -0.3 is 10.1 Å². The Hall–Kier alpha value is -2.07. The smallest absolute Gasteiger partial charge is 0.317 e. The average molecular weight is 497 g/mol. The van der Waals surface area contributed by atoms with Crippen molar-refractivity contribution in [2.24, 2.45) is 0 Å². The van der Waals surface area contributed by atoms with Crippen LogP contribution in [-0.4, -0.2) is 49.5 Å². The Morgan fingerprint density at radius 3 is 2.50 bits per heavy atom. The molecule has 1 aliphatic rings. The van der Waals surface area contributed by atoms with Gasteiger partial charge in [-0.1, -0.05) is 36.2 Å². The molecule has 10 heteroatoms. The molecule has 1 atom stereocenters. The van der Waals surface area contributed by atoms with Crippen molar-refractivity contribution in [2.45, 2.75) is 42.1 Å². The van der Waals surface area contributed by atoms with Crippen LogP contribution in [0.4, 0.5) is 5.69 Å². The number of hydrogen-bond acceptors (Lipinski definition) is 6. The van der Waals surface area contributed by atoms with E-state index in [1.165, 1.54) is 41.2 Å². The normalized spacial score (nSPS) is 15.7. The van der Waals surface area contributed by atoms with E-state index < -0.39 is 28.0 Å². The number of carbonyl (C=O) groups excluding carboxylic acids is 2. The molecular weight excluding hydrogens is 472 g/mol. The van der Waals surface area contributed by atoms with Gasteiger partial charge in [0, 0.05) is 18.0 Å². The van der Waals surface area contributed by atoms with Gasteiger partial charge in [0.05, 0.1) is 21.4 Å². The van der Waals surface area contributed by atoms with E-state index in [0.717, 1.165) is 24.2 Å². The molecule has 1 aliphatic heterocycles. The molecule has 1 unspecified atom stereocenters. The summed E-state index contributed by atoms with van der Waals surface area (Å²) < 4.78 is 32.4. The zero-order valence-electron chi connectivity index (χ0n) is 17.6. The summed E-state index contributed by atoms with van der Waals surface area (Å²) in [5.41, 5.74) is 0.149. The van der Waals surface area contributed by atoms with Gasteiger partial charge in [-0.15, -0.1) is 11.8 Å². The van der Waals surface area contributed by atoms with Gasteiger partial charge in [0.1, 0.15) is 0 Å². The number of halogens is 1. The van der Waals surface area contributed by atoms with E-state index in [0.29, 0.717) is 13.1 Å². The van der Waals surface area contributed by atoms with Crippen LogP contribution in [0.3, 0.4) is 0 Å². The fourth-order valence-electron chi connectivity index (χ4n) is 3.19. The Balaban J connectivity index is 1.61. The van der Waals surface area contributed by atoms with Gasteiger partial charge in [0.15, 0.2) is 6.10 Å². The summed E-state index contributed by atoms with van der Waals surface area (Å²) in [5, 5.41) is 2.76. The van der Waals surface area contributed by atoms with Crippen molar-refractivity contribution in [1.29, 1.82) is 0 Å². The van der Waals surface area contributed by atoms with Crippen molar-refractivity contribution in [1.82, 2.24) is 4.31 Å². The summed E-state index contributed by atoms with van der Waals surface area (Å²) in [6.07, 6.45) is 1.58. The van der Waals surface area contributed by atoms with Crippen molar-refractivity contribution < 1.29 is 22.7 Å². The van der Waals surface area contributed by atoms with E-state index in [2.05, 4.69) is 5.32 Å². The van der Waals surface area contributed by atoms with E-state index in [1.807, 2.05) is 30.3 Å². The van der Waals surface area contributed by atoms with E-state index in [4.69, 9.17) is 16.3 Å². The number of nitrogens with one attached hydrogen (secondary N) is 1. The van der Waals surface area contributed by atoms with Crippen molar-refractivity contribution in [3.8, 4) is 0 Å². The molecule has 0 saturated carbocycles. The number of anilines is 1. The second-order valence-corrected chi connectivity index (χ2v) is 10.7. The second kappa shape index (κ2) is 11.2. The first kappa shape index (κ1) is 24.6. The van der Waals surface area contributed by atoms with Gasteiger partial charge in [0.2, 0.25) is 10.0 Å². The number of thioether (sulfide) groups is 1. The molecule has 3 rings (SSSR count). The lowest BCUT2D eigenvalue weighted by Crippen LogP contribution is -2.35. The quantitative estimate of drug-likeness (QED) is 0.435. The molecule has 7 nitrogen and oxygen atoms in total. The number of ether oxygens (including phenoxy) is 1. The topological polar surface area (TPSA) is 92.8 Å². The highest BCUT2D eigenvalue weighted by Crippen LogP contribution is 2.28. The first-order valence-electron chi connectivity index (χ1n) is 10.3. The Bertz CT molecular complexity index is 1060. The van der Waals surface area contributed by atoms with Crippen molar-refractivity contribution in [3.63, 3.8) is 0 Å². The van der Waals surface area contributed by atoms with Crippen LogP contribution in [0.1, 0.15) is 26.2 Å². The Morgan fingerprint density at radius 2 is 1.81 bits per heavy atom. The fourth-order valence-corrected chi connectivity index (χ4v) is 5.60. The predicted molar refractivity (Wildman–Crippen MR) is 125 cm³/mol. The maximum atomic E-state index is 12.9. The van der Waals surface area contributed by atoms with Crippen molar-refractivity contribution >= 4 is 50.9 Å². The third-order valence-corrected chi connectivity index (χ3v) is 8.14. The number of nitrogens with zero attached hydrogens (tertiary/aromatic N) is 1. The van der Waals surface area contributed by atoms with Crippen LogP contribution < -0.4 is 5.32 Å². The van der Waals surface area contributed by atoms with Gasteiger partial charge in [0.25, 0.3) is 5.91 Å². The summed E-state index contributed by atoms with van der Waals surface area (Å²) in [7, 11) is -3.67. The minimum Gasteiger partial charge on any atom is -0.452 e. The molecule has 0 aliphatic carbocycles. The van der Waals surface area contributed by atoms with Crippen LogP contribution in [0.15, 0.2) is 58.3 Å². The third kappa shape index (κ3) is 6.48. The van der Waals surface area contributed by atoms with Gasteiger partial charge in [-0.05, 0) is 50.1 Å². The van der Waals surface area contributed by atoms with E-state index in [1.54, 1.807) is 0 Å². The summed E-state index contributed by atoms with van der Waals surface area (Å²) in [4.78, 5) is 25.6. The molecule has 1 amide bonds. The second-order valence-electron chi connectivity index (χ2n) is 7.33. The zero-order chi connectivity index (χ0) is 23.1. The molecule has 1 N–H and O–H groups in total. The number of amides is 1. The van der Waals surface area contributed by atoms with Gasteiger partial charge in [-0.25, -0.2) is 8.42 Å². The fraction of sp³-hybridized carbons (Fsp3) is 0.364. The first-order valence-corrected chi connectivity index (χ1v) is 13.1. The molecule has 0 aromatic heterocycles. The number of rotatable bonds is 8. The number of piperidine rings is 1. The highest BCUT2D eigenvalue weighted by atomic mass is 35.5. The lowest BCUT2D eigenvalue weighted by Gasteiger charge is -2.26. The van der Waals surface area contributed by atoms with Gasteiger partial charge in [-0.3, -0.25) is 9.59 Å². The summed E-state index contributed by atoms with van der Waals surface area (Å²) in [6, 6.07) is 13.6. The molecular formula is C22H25ClN2O5S2. The van der Waals surface area contributed by atoms with Crippen molar-refractivity contribution in [3.05, 3.63) is 53.6 Å². The minimum atomic E-state index is -3.67. The molecule has 2 aromatic carbocycles. The summed E-state index contributed by atoms with van der Waals surface area (Å²) in [5.74, 6) is -1.07.